The van der Waals surface area contributed by atoms with E-state index in [1.54, 1.807) is 5.57 Å². The van der Waals surface area contributed by atoms with Crippen LogP contribution in [0.15, 0.2) is 23.8 Å². The second-order valence-corrected chi connectivity index (χ2v) is 18.0. The zero-order chi connectivity index (χ0) is 33.7. The fraction of sp³-hybridized carbons (Fsp3) is 0.889. The molecule has 3 saturated carbocycles. The van der Waals surface area contributed by atoms with Crippen LogP contribution in [0.2, 0.25) is 0 Å². The minimum atomic E-state index is 0.0577. The number of carbonyl (C=O) groups excluding carboxylic acids is 1. The lowest BCUT2D eigenvalue weighted by Gasteiger charge is -2.58. The third-order valence-electron chi connectivity index (χ3n) is 14.2. The van der Waals surface area contributed by atoms with E-state index in [0.29, 0.717) is 17.3 Å². The zero-order valence-electron chi connectivity index (χ0n) is 32.3. The van der Waals surface area contributed by atoms with Crippen LogP contribution in [0, 0.1) is 46.3 Å². The molecule has 0 saturated heterocycles. The maximum atomic E-state index is 12.8. The minimum Gasteiger partial charge on any atom is -0.462 e. The van der Waals surface area contributed by atoms with Gasteiger partial charge >= 0.3 is 5.97 Å². The van der Waals surface area contributed by atoms with Gasteiger partial charge < -0.3 is 4.74 Å². The molecule has 0 spiro atoms. The molecule has 2 heteroatoms. The van der Waals surface area contributed by atoms with Crippen molar-refractivity contribution in [2.75, 3.05) is 0 Å². The zero-order valence-corrected chi connectivity index (χ0v) is 32.3. The number of hydrogen-bond donors (Lipinski definition) is 0. The Morgan fingerprint density at radius 3 is 2.19 bits per heavy atom. The number of esters is 1. The SMILES string of the molecule is CCCCCC/C=C\CCCCCCCCCC(=O)O[C@H]1CC[C@@]2(C)C(=CCC3C4CCC([C@H](C)CCCC(C)C)[C@@]4(C)CCC32)C1. The predicted octanol–water partition coefficient (Wildman–Crippen LogP) is 14.0. The van der Waals surface area contributed by atoms with Crippen LogP contribution in [0.5, 0.6) is 0 Å². The Kier molecular flexibility index (Phi) is 16.0. The monoisotopic (exact) mass is 651 g/mol. The number of rotatable bonds is 21. The van der Waals surface area contributed by atoms with Crippen LogP contribution >= 0.6 is 0 Å². The molecule has 0 N–H and O–H groups in total. The van der Waals surface area contributed by atoms with E-state index < -0.39 is 0 Å². The molecule has 0 aromatic rings. The van der Waals surface area contributed by atoms with Gasteiger partial charge in [-0.1, -0.05) is 136 Å². The van der Waals surface area contributed by atoms with Crippen molar-refractivity contribution in [2.24, 2.45) is 46.3 Å². The average molecular weight is 651 g/mol. The molecular formula is C45H78O2. The van der Waals surface area contributed by atoms with Gasteiger partial charge in [0, 0.05) is 12.8 Å². The van der Waals surface area contributed by atoms with Gasteiger partial charge in [0.05, 0.1) is 0 Å². The van der Waals surface area contributed by atoms with Gasteiger partial charge in [-0.2, -0.15) is 0 Å². The summed E-state index contributed by atoms with van der Waals surface area (Å²) in [6.07, 6.45) is 39.4. The highest BCUT2D eigenvalue weighted by molar-refractivity contribution is 5.69. The first kappa shape index (κ1) is 38.7. The number of carbonyl (C=O) groups is 1. The summed E-state index contributed by atoms with van der Waals surface area (Å²) in [7, 11) is 0. The van der Waals surface area contributed by atoms with Gasteiger partial charge in [-0.3, -0.25) is 4.79 Å². The number of hydrogen-bond acceptors (Lipinski definition) is 2. The molecule has 0 bridgehead atoms. The van der Waals surface area contributed by atoms with Crippen LogP contribution in [-0.2, 0) is 9.53 Å². The van der Waals surface area contributed by atoms with E-state index in [1.807, 2.05) is 0 Å². The highest BCUT2D eigenvalue weighted by Gasteiger charge is 2.59. The first-order valence-corrected chi connectivity index (χ1v) is 21.2. The van der Waals surface area contributed by atoms with Crippen molar-refractivity contribution in [3.8, 4) is 0 Å². The highest BCUT2D eigenvalue weighted by atomic mass is 16.5. The molecule has 47 heavy (non-hydrogen) atoms. The molecule has 0 aliphatic heterocycles. The third kappa shape index (κ3) is 10.7. The summed E-state index contributed by atoms with van der Waals surface area (Å²) in [5, 5.41) is 0. The Balaban J connectivity index is 1.11. The molecule has 4 aliphatic carbocycles. The first-order chi connectivity index (χ1) is 22.7. The molecule has 2 nitrogen and oxygen atoms in total. The van der Waals surface area contributed by atoms with Crippen molar-refractivity contribution in [2.45, 2.75) is 208 Å². The Bertz CT molecular complexity index is 976. The van der Waals surface area contributed by atoms with Crippen LogP contribution in [0.1, 0.15) is 202 Å². The molecule has 0 aromatic heterocycles. The van der Waals surface area contributed by atoms with E-state index in [4.69, 9.17) is 4.74 Å². The van der Waals surface area contributed by atoms with Gasteiger partial charge in [-0.15, -0.1) is 0 Å². The number of allylic oxidation sites excluding steroid dienone is 3. The van der Waals surface area contributed by atoms with Gasteiger partial charge in [-0.25, -0.2) is 0 Å². The summed E-state index contributed by atoms with van der Waals surface area (Å²) in [6, 6.07) is 0. The summed E-state index contributed by atoms with van der Waals surface area (Å²) >= 11 is 0. The molecule has 0 amide bonds. The summed E-state index contributed by atoms with van der Waals surface area (Å²) in [6.45, 7) is 14.9. The Morgan fingerprint density at radius 2 is 1.49 bits per heavy atom. The second kappa shape index (κ2) is 19.4. The molecule has 4 aliphatic rings. The Labute approximate surface area is 293 Å². The van der Waals surface area contributed by atoms with E-state index in [-0.39, 0.29) is 12.1 Å². The lowest BCUT2D eigenvalue weighted by molar-refractivity contribution is -0.151. The van der Waals surface area contributed by atoms with Crippen molar-refractivity contribution in [3.63, 3.8) is 0 Å². The maximum Gasteiger partial charge on any atom is 0.306 e. The predicted molar refractivity (Wildman–Crippen MR) is 202 cm³/mol. The van der Waals surface area contributed by atoms with Crippen LogP contribution in [0.4, 0.5) is 0 Å². The van der Waals surface area contributed by atoms with E-state index in [0.717, 1.165) is 54.8 Å². The largest absolute Gasteiger partial charge is 0.462 e. The topological polar surface area (TPSA) is 26.3 Å². The second-order valence-electron chi connectivity index (χ2n) is 18.0. The average Bonchev–Trinajstić information content (AvgIpc) is 3.40. The van der Waals surface area contributed by atoms with Crippen LogP contribution in [0.25, 0.3) is 0 Å². The van der Waals surface area contributed by atoms with E-state index in [2.05, 4.69) is 59.8 Å². The Hall–Kier alpha value is -1.05. The molecule has 4 rings (SSSR count). The molecular weight excluding hydrogens is 572 g/mol. The van der Waals surface area contributed by atoms with Gasteiger partial charge in [0.15, 0.2) is 0 Å². The summed E-state index contributed by atoms with van der Waals surface area (Å²) in [5.41, 5.74) is 2.53. The van der Waals surface area contributed by atoms with Crippen molar-refractivity contribution < 1.29 is 9.53 Å². The normalized spacial score (nSPS) is 32.6. The highest BCUT2D eigenvalue weighted by Crippen LogP contribution is 2.67. The lowest BCUT2D eigenvalue weighted by Crippen LogP contribution is -2.51. The van der Waals surface area contributed by atoms with Crippen LogP contribution in [-0.4, -0.2) is 12.1 Å². The molecule has 0 aromatic carbocycles. The lowest BCUT2D eigenvalue weighted by atomic mass is 9.47. The summed E-state index contributed by atoms with van der Waals surface area (Å²) < 4.78 is 6.13. The van der Waals surface area contributed by atoms with Gasteiger partial charge in [-0.05, 0) is 123 Å². The van der Waals surface area contributed by atoms with E-state index >= 15 is 0 Å². The molecule has 270 valence electrons. The summed E-state index contributed by atoms with van der Waals surface area (Å²) in [4.78, 5) is 12.8. The molecule has 0 radical (unpaired) electrons. The molecule has 3 fully saturated rings. The Morgan fingerprint density at radius 1 is 0.809 bits per heavy atom. The van der Waals surface area contributed by atoms with Crippen molar-refractivity contribution in [1.29, 1.82) is 0 Å². The van der Waals surface area contributed by atoms with E-state index in [9.17, 15) is 4.79 Å². The van der Waals surface area contributed by atoms with Crippen LogP contribution in [0.3, 0.4) is 0 Å². The number of fused-ring (bicyclic) bond motifs is 5. The number of unbranched alkanes of at least 4 members (excludes halogenated alkanes) is 11. The third-order valence-corrected chi connectivity index (χ3v) is 14.2. The fourth-order valence-electron chi connectivity index (χ4n) is 11.3. The van der Waals surface area contributed by atoms with E-state index in [1.165, 1.54) is 135 Å². The smallest absolute Gasteiger partial charge is 0.306 e. The summed E-state index contributed by atoms with van der Waals surface area (Å²) in [5.74, 6) is 5.32. The van der Waals surface area contributed by atoms with Crippen molar-refractivity contribution in [3.05, 3.63) is 23.8 Å². The van der Waals surface area contributed by atoms with Gasteiger partial charge in [0.25, 0.3) is 0 Å². The molecule has 4 unspecified atom stereocenters. The van der Waals surface area contributed by atoms with Gasteiger partial charge in [0.2, 0.25) is 0 Å². The van der Waals surface area contributed by atoms with Crippen molar-refractivity contribution >= 4 is 5.97 Å². The van der Waals surface area contributed by atoms with Crippen LogP contribution < -0.4 is 0 Å². The van der Waals surface area contributed by atoms with Gasteiger partial charge in [0.1, 0.15) is 6.10 Å². The quantitative estimate of drug-likeness (QED) is 0.0702. The minimum absolute atomic E-state index is 0.0577. The molecule has 0 heterocycles. The maximum absolute atomic E-state index is 12.8. The standard InChI is InChI=1S/C45H78O2/c1-7-8-9-10-11-12-13-14-15-16-17-18-19-20-21-25-43(46)47-38-30-32-44(5)37(34-38)26-27-39-41-29-28-40(36(4)24-22-23-35(2)3)45(41,6)33-31-42(39)44/h12-13,26,35-36,38-42H,7-11,14-25,27-34H2,1-6H3/b13-12-/t36-,38+,39?,40?,41?,42?,44+,45-/m1/s1. The van der Waals surface area contributed by atoms with Crippen molar-refractivity contribution in [1.82, 2.24) is 0 Å². The first-order valence-electron chi connectivity index (χ1n) is 21.2. The molecule has 8 atom stereocenters. The number of ether oxygens (including phenoxy) is 1. The fourth-order valence-corrected chi connectivity index (χ4v) is 11.3.